The second-order valence-electron chi connectivity index (χ2n) is 3.26. The van der Waals surface area contributed by atoms with Gasteiger partial charge in [-0.05, 0) is 0 Å². The predicted molar refractivity (Wildman–Crippen MR) is 60.0 cm³/mol. The second kappa shape index (κ2) is 7.20. The molecule has 0 saturated heterocycles. The van der Waals surface area contributed by atoms with Crippen LogP contribution < -0.4 is 10.5 Å². The zero-order chi connectivity index (χ0) is 13.5. The van der Waals surface area contributed by atoms with Gasteiger partial charge < -0.3 is 10.5 Å². The lowest BCUT2D eigenvalue weighted by atomic mass is 10.4. The van der Waals surface area contributed by atoms with E-state index in [0.29, 0.717) is 0 Å². The maximum Gasteiger partial charge on any atom is 0.306 e. The number of methoxy groups -OCH3 is 1. The molecular formula is C8H17N3O5S. The van der Waals surface area contributed by atoms with Crippen LogP contribution in [0, 0.1) is 0 Å². The third-order valence-electron chi connectivity index (χ3n) is 1.92. The van der Waals surface area contributed by atoms with E-state index in [-0.39, 0.29) is 25.9 Å². The number of hydrogen-bond donors (Lipinski definition) is 2. The van der Waals surface area contributed by atoms with E-state index < -0.39 is 22.1 Å². The number of nitrogens with two attached hydrogens (primary N) is 1. The third kappa shape index (κ3) is 6.87. The molecule has 9 heteroatoms. The molecule has 0 aromatic heterocycles. The van der Waals surface area contributed by atoms with E-state index in [4.69, 9.17) is 5.73 Å². The van der Waals surface area contributed by atoms with Gasteiger partial charge in [-0.25, -0.2) is 4.72 Å². The number of amides is 1. The van der Waals surface area contributed by atoms with Crippen LogP contribution >= 0.6 is 0 Å². The highest BCUT2D eigenvalue weighted by Gasteiger charge is 2.18. The molecule has 0 unspecified atom stereocenters. The van der Waals surface area contributed by atoms with E-state index in [2.05, 4.69) is 9.46 Å². The third-order valence-corrected chi connectivity index (χ3v) is 3.50. The zero-order valence-electron chi connectivity index (χ0n) is 9.80. The van der Waals surface area contributed by atoms with Crippen LogP contribution in [0.5, 0.6) is 0 Å². The number of nitrogens with one attached hydrogen (secondary N) is 1. The lowest BCUT2D eigenvalue weighted by molar-refractivity contribution is -0.140. The van der Waals surface area contributed by atoms with Crippen molar-refractivity contribution in [2.75, 3.05) is 27.2 Å². The molecule has 3 N–H and O–H groups in total. The molecule has 0 rings (SSSR count). The van der Waals surface area contributed by atoms with Crippen LogP contribution in [-0.2, 0) is 24.5 Å². The largest absolute Gasteiger partial charge is 0.469 e. The van der Waals surface area contributed by atoms with E-state index in [1.807, 2.05) is 0 Å². The molecular weight excluding hydrogens is 250 g/mol. The van der Waals surface area contributed by atoms with Gasteiger partial charge in [-0.3, -0.25) is 9.59 Å². The smallest absolute Gasteiger partial charge is 0.306 e. The van der Waals surface area contributed by atoms with Crippen molar-refractivity contribution >= 4 is 22.1 Å². The average Bonchev–Trinajstić information content (AvgIpc) is 2.24. The van der Waals surface area contributed by atoms with Crippen LogP contribution in [0.25, 0.3) is 0 Å². The summed E-state index contributed by atoms with van der Waals surface area (Å²) in [6.07, 6.45) is -0.117. The van der Waals surface area contributed by atoms with E-state index in [1.165, 1.54) is 14.2 Å². The number of rotatable bonds is 8. The van der Waals surface area contributed by atoms with Gasteiger partial charge in [-0.1, -0.05) is 0 Å². The first kappa shape index (κ1) is 15.8. The maximum absolute atomic E-state index is 11.5. The van der Waals surface area contributed by atoms with Gasteiger partial charge in [0.25, 0.3) is 10.2 Å². The summed E-state index contributed by atoms with van der Waals surface area (Å²) >= 11 is 0. The Morgan fingerprint density at radius 3 is 2.41 bits per heavy atom. The van der Waals surface area contributed by atoms with Gasteiger partial charge in [0.05, 0.1) is 13.5 Å². The molecule has 0 saturated carbocycles. The summed E-state index contributed by atoms with van der Waals surface area (Å²) < 4.78 is 30.6. The molecule has 0 aliphatic rings. The number of primary amides is 1. The molecule has 17 heavy (non-hydrogen) atoms. The lowest BCUT2D eigenvalue weighted by Gasteiger charge is -2.16. The molecule has 0 aromatic carbocycles. The summed E-state index contributed by atoms with van der Waals surface area (Å²) in [6, 6.07) is 0. The maximum atomic E-state index is 11.5. The summed E-state index contributed by atoms with van der Waals surface area (Å²) in [5.41, 5.74) is 4.87. The topological polar surface area (TPSA) is 119 Å². The molecule has 1 amide bonds. The highest BCUT2D eigenvalue weighted by Crippen LogP contribution is 1.97. The van der Waals surface area contributed by atoms with Crippen LogP contribution in [0.2, 0.25) is 0 Å². The van der Waals surface area contributed by atoms with Crippen molar-refractivity contribution in [2.24, 2.45) is 5.73 Å². The normalized spacial score (nSPS) is 11.5. The van der Waals surface area contributed by atoms with Gasteiger partial charge in [0, 0.05) is 26.6 Å². The Kier molecular flexibility index (Phi) is 6.69. The molecule has 0 heterocycles. The van der Waals surface area contributed by atoms with Gasteiger partial charge >= 0.3 is 5.97 Å². The van der Waals surface area contributed by atoms with Crippen molar-refractivity contribution in [3.8, 4) is 0 Å². The minimum atomic E-state index is -3.69. The molecule has 100 valence electrons. The van der Waals surface area contributed by atoms with E-state index in [1.54, 1.807) is 0 Å². The number of nitrogens with zero attached hydrogens (tertiary/aromatic N) is 1. The average molecular weight is 267 g/mol. The Morgan fingerprint density at radius 2 is 1.94 bits per heavy atom. The van der Waals surface area contributed by atoms with Gasteiger partial charge in [0.1, 0.15) is 0 Å². The number of hydrogen-bond acceptors (Lipinski definition) is 5. The van der Waals surface area contributed by atoms with Crippen LogP contribution in [0.3, 0.4) is 0 Å². The fourth-order valence-electron chi connectivity index (χ4n) is 0.884. The summed E-state index contributed by atoms with van der Waals surface area (Å²) in [5, 5.41) is 0. The van der Waals surface area contributed by atoms with Crippen LogP contribution in [0.15, 0.2) is 0 Å². The Hall–Kier alpha value is -1.19. The monoisotopic (exact) mass is 267 g/mol. The van der Waals surface area contributed by atoms with Crippen molar-refractivity contribution in [3.05, 3.63) is 0 Å². The van der Waals surface area contributed by atoms with Crippen LogP contribution in [0.4, 0.5) is 0 Å². The first-order chi connectivity index (χ1) is 7.79. The Labute approximate surface area is 100 Å². The van der Waals surface area contributed by atoms with Crippen molar-refractivity contribution < 1.29 is 22.7 Å². The SMILES string of the molecule is COC(=O)CCN(C)S(=O)(=O)NCCC(N)=O. The lowest BCUT2D eigenvalue weighted by Crippen LogP contribution is -2.40. The zero-order valence-corrected chi connectivity index (χ0v) is 10.6. The fourth-order valence-corrected chi connectivity index (χ4v) is 1.80. The number of carbonyl (C=O) groups is 2. The Bertz CT molecular complexity index is 367. The van der Waals surface area contributed by atoms with E-state index >= 15 is 0 Å². The molecule has 0 fully saturated rings. The summed E-state index contributed by atoms with van der Waals surface area (Å²) in [5.74, 6) is -1.09. The molecule has 0 bridgehead atoms. The van der Waals surface area contributed by atoms with E-state index in [0.717, 1.165) is 4.31 Å². The molecule has 0 spiro atoms. The molecule has 0 atom stereocenters. The number of carbonyl (C=O) groups excluding carboxylic acids is 2. The Balaban J connectivity index is 4.11. The molecule has 0 aliphatic carbocycles. The molecule has 0 aliphatic heterocycles. The molecule has 8 nitrogen and oxygen atoms in total. The number of esters is 1. The standard InChI is InChI=1S/C8H17N3O5S/c1-11(6-4-8(13)16-2)17(14,15)10-5-3-7(9)12/h10H,3-6H2,1-2H3,(H2,9,12). The number of ether oxygens (including phenoxy) is 1. The molecule has 0 aromatic rings. The molecule has 0 radical (unpaired) electrons. The second-order valence-corrected chi connectivity index (χ2v) is 5.13. The van der Waals surface area contributed by atoms with Crippen LogP contribution in [0.1, 0.15) is 12.8 Å². The highest BCUT2D eigenvalue weighted by atomic mass is 32.2. The first-order valence-electron chi connectivity index (χ1n) is 4.85. The first-order valence-corrected chi connectivity index (χ1v) is 6.29. The van der Waals surface area contributed by atoms with Gasteiger partial charge in [0.2, 0.25) is 5.91 Å². The van der Waals surface area contributed by atoms with Crippen molar-refractivity contribution in [2.45, 2.75) is 12.8 Å². The predicted octanol–water partition coefficient (Wildman–Crippen LogP) is -1.81. The summed E-state index contributed by atoms with van der Waals surface area (Å²) in [6.45, 7) is -0.0706. The van der Waals surface area contributed by atoms with Crippen molar-refractivity contribution in [1.29, 1.82) is 0 Å². The summed E-state index contributed by atoms with van der Waals surface area (Å²) in [4.78, 5) is 21.2. The quantitative estimate of drug-likeness (QED) is 0.502. The minimum absolute atomic E-state index is 0.00141. The van der Waals surface area contributed by atoms with E-state index in [9.17, 15) is 18.0 Å². The highest BCUT2D eigenvalue weighted by molar-refractivity contribution is 7.87. The van der Waals surface area contributed by atoms with Crippen LogP contribution in [-0.4, -0.2) is 51.8 Å². The van der Waals surface area contributed by atoms with Gasteiger partial charge in [-0.2, -0.15) is 12.7 Å². The van der Waals surface area contributed by atoms with Gasteiger partial charge in [-0.15, -0.1) is 0 Å². The minimum Gasteiger partial charge on any atom is -0.469 e. The van der Waals surface area contributed by atoms with Gasteiger partial charge in [0.15, 0.2) is 0 Å². The van der Waals surface area contributed by atoms with Crippen molar-refractivity contribution in [3.63, 3.8) is 0 Å². The Morgan fingerprint density at radius 1 is 1.35 bits per heavy atom. The fraction of sp³-hybridized carbons (Fsp3) is 0.750. The van der Waals surface area contributed by atoms with Crippen molar-refractivity contribution in [1.82, 2.24) is 9.03 Å². The summed E-state index contributed by atoms with van der Waals surface area (Å²) in [7, 11) is -1.15.